The number of likely N-dealkylation sites (tertiary alicyclic amines) is 1. The molecule has 0 bridgehead atoms. The summed E-state index contributed by atoms with van der Waals surface area (Å²) < 4.78 is 65.6. The lowest BCUT2D eigenvalue weighted by Gasteiger charge is -2.44. The lowest BCUT2D eigenvalue weighted by Crippen LogP contribution is -2.58. The highest BCUT2D eigenvalue weighted by Gasteiger charge is 2.56. The van der Waals surface area contributed by atoms with Crippen molar-refractivity contribution in [2.24, 2.45) is 5.92 Å². The van der Waals surface area contributed by atoms with Crippen LogP contribution in [0.15, 0.2) is 36.4 Å². The molecule has 41 heavy (non-hydrogen) atoms. The van der Waals surface area contributed by atoms with E-state index >= 15 is 0 Å². The average Bonchev–Trinajstić information content (AvgIpc) is 3.71. The molecule has 12 heteroatoms. The van der Waals surface area contributed by atoms with E-state index in [2.05, 4.69) is 10.2 Å². The van der Waals surface area contributed by atoms with Crippen LogP contribution in [0.2, 0.25) is 0 Å². The van der Waals surface area contributed by atoms with Gasteiger partial charge in [0, 0.05) is 36.4 Å². The summed E-state index contributed by atoms with van der Waals surface area (Å²) in [5, 5.41) is 12.5. The monoisotopic (exact) mass is 577 g/mol. The van der Waals surface area contributed by atoms with Crippen molar-refractivity contribution in [3.8, 4) is 5.75 Å². The number of carboxylic acids is 1. The Bertz CT molecular complexity index is 1340. The van der Waals surface area contributed by atoms with Gasteiger partial charge in [-0.2, -0.15) is 13.2 Å². The number of nitrogens with zero attached hydrogens (tertiary/aromatic N) is 2. The number of ether oxygens (including phenoxy) is 2. The number of amides is 1. The number of fused-ring (bicyclic) bond motifs is 1. The second kappa shape index (κ2) is 10.5. The van der Waals surface area contributed by atoms with Crippen molar-refractivity contribution < 1.29 is 41.7 Å². The van der Waals surface area contributed by atoms with E-state index in [1.54, 1.807) is 0 Å². The fourth-order valence-electron chi connectivity index (χ4n) is 6.35. The largest absolute Gasteiger partial charge is 0.478 e. The van der Waals surface area contributed by atoms with Crippen molar-refractivity contribution in [2.75, 3.05) is 31.7 Å². The maximum atomic E-state index is 13.8. The molecule has 3 atom stereocenters. The zero-order valence-corrected chi connectivity index (χ0v) is 22.3. The maximum Gasteiger partial charge on any atom is 0.416 e. The summed E-state index contributed by atoms with van der Waals surface area (Å²) in [5.74, 6) is -1.90. The minimum atomic E-state index is -4.48. The van der Waals surface area contributed by atoms with Crippen LogP contribution in [0.1, 0.15) is 53.6 Å². The number of rotatable bonds is 6. The van der Waals surface area contributed by atoms with Crippen molar-refractivity contribution in [3.05, 3.63) is 58.9 Å². The summed E-state index contributed by atoms with van der Waals surface area (Å²) >= 11 is 0. The number of anilines is 1. The molecule has 3 heterocycles. The summed E-state index contributed by atoms with van der Waals surface area (Å²) in [5.41, 5.74) is -1.29. The second-order valence-electron chi connectivity index (χ2n) is 11.4. The Balaban J connectivity index is 1.08. The zero-order valence-electron chi connectivity index (χ0n) is 22.3. The van der Waals surface area contributed by atoms with Gasteiger partial charge in [-0.3, -0.25) is 9.69 Å². The van der Waals surface area contributed by atoms with Crippen molar-refractivity contribution in [1.82, 2.24) is 9.80 Å². The van der Waals surface area contributed by atoms with Gasteiger partial charge in [0.15, 0.2) is 6.73 Å². The van der Waals surface area contributed by atoms with Gasteiger partial charge in [0.25, 0.3) is 5.91 Å². The van der Waals surface area contributed by atoms with Crippen molar-refractivity contribution >= 4 is 17.6 Å². The Kier molecular flexibility index (Phi) is 7.09. The topological polar surface area (TPSA) is 91.3 Å². The molecule has 2 N–H and O–H groups in total. The third-order valence-corrected chi connectivity index (χ3v) is 8.70. The van der Waals surface area contributed by atoms with E-state index in [-0.39, 0.29) is 42.7 Å². The first-order valence-electron chi connectivity index (χ1n) is 13.8. The number of aromatic carboxylic acids is 1. The van der Waals surface area contributed by atoms with E-state index in [0.29, 0.717) is 36.6 Å². The van der Waals surface area contributed by atoms with Crippen LogP contribution in [0.25, 0.3) is 0 Å². The summed E-state index contributed by atoms with van der Waals surface area (Å²) in [6.07, 6.45) is -0.687. The third-order valence-electron chi connectivity index (χ3n) is 8.70. The third kappa shape index (κ3) is 5.46. The number of carbonyl (C=O) groups is 2. The fourth-order valence-corrected chi connectivity index (χ4v) is 6.35. The summed E-state index contributed by atoms with van der Waals surface area (Å²) in [4.78, 5) is 28.9. The number of carbonyl (C=O) groups excluding carboxylic acids is 1. The van der Waals surface area contributed by atoms with Gasteiger partial charge in [-0.05, 0) is 74.4 Å². The molecule has 0 radical (unpaired) electrons. The Labute approximate surface area is 234 Å². The van der Waals surface area contributed by atoms with Gasteiger partial charge in [-0.25, -0.2) is 9.18 Å². The first kappa shape index (κ1) is 27.8. The molecular weight excluding hydrogens is 546 g/mol. The lowest BCUT2D eigenvalue weighted by atomic mass is 9.85. The summed E-state index contributed by atoms with van der Waals surface area (Å²) in [6.45, 7) is 1.84. The number of halogens is 4. The van der Waals surface area contributed by atoms with Crippen molar-refractivity contribution in [2.45, 2.75) is 62.5 Å². The quantitative estimate of drug-likeness (QED) is 0.480. The van der Waals surface area contributed by atoms with E-state index < -0.39 is 29.1 Å². The van der Waals surface area contributed by atoms with Crippen LogP contribution in [0.4, 0.5) is 23.2 Å². The van der Waals surface area contributed by atoms with Gasteiger partial charge < -0.3 is 24.8 Å². The van der Waals surface area contributed by atoms with Crippen LogP contribution < -0.4 is 10.1 Å². The molecule has 4 aliphatic rings. The number of hydrogen-bond donors (Lipinski definition) is 2. The highest BCUT2D eigenvalue weighted by molar-refractivity contribution is 5.89. The molecule has 8 nitrogen and oxygen atoms in total. The van der Waals surface area contributed by atoms with Gasteiger partial charge in [-0.1, -0.05) is 0 Å². The van der Waals surface area contributed by atoms with Gasteiger partial charge in [0.1, 0.15) is 17.2 Å². The smallest absolute Gasteiger partial charge is 0.416 e. The molecule has 2 saturated heterocycles. The van der Waals surface area contributed by atoms with Crippen LogP contribution in [0, 0.1) is 11.7 Å². The van der Waals surface area contributed by atoms with Crippen LogP contribution in [-0.4, -0.2) is 70.9 Å². The van der Waals surface area contributed by atoms with Crippen LogP contribution in [0.5, 0.6) is 5.75 Å². The predicted octanol–water partition coefficient (Wildman–Crippen LogP) is 4.74. The molecule has 3 aliphatic heterocycles. The molecular formula is C29H31F4N3O5. The molecule has 0 spiro atoms. The Hall–Kier alpha value is -3.38. The standard InChI is InChI=1S/C29H31F4N3O5/c30-24-5-4-20(12-23(24)26(37)38)34-21-8-10-35(14-21)22-7-9-28(41-15-22,18-1-2-18)27(39)36-13-17-11-19(29(31,32)33)3-6-25(17)40-16-36/h3-6,11-12,18,21-22,34H,1-2,7-10,13-16H2,(H,37,38)/t21-,22-,28+/m1/s1. The molecule has 1 aliphatic carbocycles. The average molecular weight is 578 g/mol. The summed E-state index contributed by atoms with van der Waals surface area (Å²) in [7, 11) is 0. The Morgan fingerprint density at radius 2 is 1.88 bits per heavy atom. The van der Waals surface area contributed by atoms with Crippen LogP contribution >= 0.6 is 0 Å². The van der Waals surface area contributed by atoms with E-state index in [1.807, 2.05) is 0 Å². The van der Waals surface area contributed by atoms with E-state index in [0.717, 1.165) is 50.4 Å². The number of benzene rings is 2. The fraction of sp³-hybridized carbons (Fsp3) is 0.517. The van der Waals surface area contributed by atoms with E-state index in [4.69, 9.17) is 9.47 Å². The number of nitrogens with one attached hydrogen (secondary N) is 1. The van der Waals surface area contributed by atoms with Crippen LogP contribution in [-0.2, 0) is 22.3 Å². The van der Waals surface area contributed by atoms with Crippen molar-refractivity contribution in [1.29, 1.82) is 0 Å². The molecule has 6 rings (SSSR count). The van der Waals surface area contributed by atoms with E-state index in [9.17, 15) is 32.3 Å². The molecule has 3 fully saturated rings. The lowest BCUT2D eigenvalue weighted by molar-refractivity contribution is -0.179. The van der Waals surface area contributed by atoms with Crippen molar-refractivity contribution in [3.63, 3.8) is 0 Å². The van der Waals surface area contributed by atoms with Gasteiger partial charge in [0.2, 0.25) is 0 Å². The second-order valence-corrected chi connectivity index (χ2v) is 11.4. The SMILES string of the molecule is O=C(O)c1cc(N[C@@H]2CCN([C@@H]3CC[C@@](C(=O)N4COc5ccc(C(F)(F)F)cc5C4)(C4CC4)OC3)C2)ccc1F. The molecule has 1 saturated carbocycles. The molecule has 0 aromatic heterocycles. The summed E-state index contributed by atoms with van der Waals surface area (Å²) in [6, 6.07) is 7.44. The molecule has 0 unspecified atom stereocenters. The predicted molar refractivity (Wildman–Crippen MR) is 139 cm³/mol. The molecule has 2 aromatic rings. The van der Waals surface area contributed by atoms with Crippen LogP contribution in [0.3, 0.4) is 0 Å². The van der Waals surface area contributed by atoms with E-state index in [1.165, 1.54) is 23.1 Å². The number of carboxylic acid groups (broad SMARTS) is 1. The normalized spacial score (nSPS) is 26.8. The Morgan fingerprint density at radius 3 is 2.56 bits per heavy atom. The maximum absolute atomic E-state index is 13.8. The number of hydrogen-bond acceptors (Lipinski definition) is 6. The van der Waals surface area contributed by atoms with Gasteiger partial charge >= 0.3 is 12.1 Å². The molecule has 1 amide bonds. The number of alkyl halides is 3. The first-order chi connectivity index (χ1) is 19.5. The highest BCUT2D eigenvalue weighted by atomic mass is 19.4. The Morgan fingerprint density at radius 1 is 1.07 bits per heavy atom. The van der Waals surface area contributed by atoms with Gasteiger partial charge in [0.05, 0.1) is 24.3 Å². The zero-order chi connectivity index (χ0) is 28.9. The molecule has 2 aromatic carbocycles. The minimum absolute atomic E-state index is 0.0335. The minimum Gasteiger partial charge on any atom is -0.478 e. The van der Waals surface area contributed by atoms with Gasteiger partial charge in [-0.15, -0.1) is 0 Å². The highest BCUT2D eigenvalue weighted by Crippen LogP contribution is 2.48. The first-order valence-corrected chi connectivity index (χ1v) is 13.8. The molecule has 220 valence electrons.